The molecule has 0 unspecified atom stereocenters. The third kappa shape index (κ3) is 5.26. The Morgan fingerprint density at radius 2 is 2.11 bits per heavy atom. The van der Waals surface area contributed by atoms with Gasteiger partial charge in [-0.2, -0.15) is 0 Å². The molecule has 0 amide bonds. The molecule has 0 bridgehead atoms. The van der Waals surface area contributed by atoms with E-state index in [1.54, 1.807) is 19.2 Å². The molecule has 1 aromatic rings. The first-order valence-electron chi connectivity index (χ1n) is 6.39. The van der Waals surface area contributed by atoms with Crippen molar-refractivity contribution in [2.24, 2.45) is 10.9 Å². The SMILES string of the molecule is CN=C(NCc1ccc(F)c(CO)c1)NCC(C)C. The Hall–Kier alpha value is -1.62. The monoisotopic (exact) mass is 267 g/mol. The molecule has 1 aromatic carbocycles. The van der Waals surface area contributed by atoms with E-state index < -0.39 is 0 Å². The molecule has 0 aromatic heterocycles. The third-order valence-corrected chi connectivity index (χ3v) is 2.64. The number of aliphatic imine (C=N–C) groups is 1. The number of benzene rings is 1. The normalized spacial score (nSPS) is 11.8. The van der Waals surface area contributed by atoms with Crippen molar-refractivity contribution in [2.45, 2.75) is 27.0 Å². The number of nitrogens with zero attached hydrogens (tertiary/aromatic N) is 1. The molecular weight excluding hydrogens is 245 g/mol. The molecule has 0 atom stereocenters. The van der Waals surface area contributed by atoms with Gasteiger partial charge in [-0.15, -0.1) is 0 Å². The number of hydrogen-bond donors (Lipinski definition) is 3. The van der Waals surface area contributed by atoms with Gasteiger partial charge >= 0.3 is 0 Å². The average Bonchev–Trinajstić information content (AvgIpc) is 2.40. The highest BCUT2D eigenvalue weighted by molar-refractivity contribution is 5.79. The summed E-state index contributed by atoms with van der Waals surface area (Å²) in [5, 5.41) is 15.4. The van der Waals surface area contributed by atoms with Crippen molar-refractivity contribution in [3.8, 4) is 0 Å². The molecule has 1 rings (SSSR count). The number of hydrogen-bond acceptors (Lipinski definition) is 2. The summed E-state index contributed by atoms with van der Waals surface area (Å²) in [7, 11) is 1.71. The molecule has 19 heavy (non-hydrogen) atoms. The van der Waals surface area contributed by atoms with Gasteiger partial charge in [0.2, 0.25) is 0 Å². The van der Waals surface area contributed by atoms with Crippen LogP contribution < -0.4 is 10.6 Å². The number of nitrogens with one attached hydrogen (secondary N) is 2. The summed E-state index contributed by atoms with van der Waals surface area (Å²) in [6.45, 7) is 5.32. The molecule has 0 aliphatic rings. The molecule has 0 spiro atoms. The topological polar surface area (TPSA) is 56.7 Å². The van der Waals surface area contributed by atoms with E-state index in [0.29, 0.717) is 24.0 Å². The standard InChI is InChI=1S/C14H22FN3O/c1-10(2)7-17-14(16-3)18-8-11-4-5-13(15)12(6-11)9-19/h4-6,10,19H,7-9H2,1-3H3,(H2,16,17,18). The van der Waals surface area contributed by atoms with Crippen LogP contribution in [-0.2, 0) is 13.2 Å². The van der Waals surface area contributed by atoms with Crippen LogP contribution in [0.1, 0.15) is 25.0 Å². The Balaban J connectivity index is 2.55. The smallest absolute Gasteiger partial charge is 0.191 e. The van der Waals surface area contributed by atoms with Gasteiger partial charge in [0.15, 0.2) is 5.96 Å². The van der Waals surface area contributed by atoms with E-state index in [-0.39, 0.29) is 12.4 Å². The number of halogens is 1. The number of aliphatic hydroxyl groups is 1. The van der Waals surface area contributed by atoms with Gasteiger partial charge in [0.05, 0.1) is 6.61 Å². The second-order valence-electron chi connectivity index (χ2n) is 4.78. The molecule has 0 fully saturated rings. The Bertz CT molecular complexity index is 433. The van der Waals surface area contributed by atoms with E-state index >= 15 is 0 Å². The molecule has 4 nitrogen and oxygen atoms in total. The molecular formula is C14H22FN3O. The summed E-state index contributed by atoms with van der Waals surface area (Å²) >= 11 is 0. The molecule has 5 heteroatoms. The lowest BCUT2D eigenvalue weighted by Gasteiger charge is -2.13. The Morgan fingerprint density at radius 3 is 2.68 bits per heavy atom. The van der Waals surface area contributed by atoms with Crippen LogP contribution in [0.25, 0.3) is 0 Å². The minimum absolute atomic E-state index is 0.292. The zero-order valence-corrected chi connectivity index (χ0v) is 11.7. The Labute approximate surface area is 113 Å². The fraction of sp³-hybridized carbons (Fsp3) is 0.500. The molecule has 0 heterocycles. The summed E-state index contributed by atoms with van der Waals surface area (Å²) in [6.07, 6.45) is 0. The summed E-state index contributed by atoms with van der Waals surface area (Å²) in [5.74, 6) is 0.863. The van der Waals surface area contributed by atoms with Gasteiger partial charge in [-0.3, -0.25) is 4.99 Å². The quantitative estimate of drug-likeness (QED) is 0.561. The third-order valence-electron chi connectivity index (χ3n) is 2.64. The minimum Gasteiger partial charge on any atom is -0.392 e. The fourth-order valence-electron chi connectivity index (χ4n) is 1.57. The van der Waals surface area contributed by atoms with Crippen molar-refractivity contribution in [2.75, 3.05) is 13.6 Å². The van der Waals surface area contributed by atoms with Crippen molar-refractivity contribution in [1.29, 1.82) is 0 Å². The number of guanidine groups is 1. The molecule has 0 aliphatic heterocycles. The van der Waals surface area contributed by atoms with Crippen molar-refractivity contribution in [1.82, 2.24) is 10.6 Å². The van der Waals surface area contributed by atoms with Crippen LogP contribution in [0.3, 0.4) is 0 Å². The van der Waals surface area contributed by atoms with Gasteiger partial charge in [0.1, 0.15) is 5.82 Å². The van der Waals surface area contributed by atoms with Crippen molar-refractivity contribution in [3.05, 3.63) is 35.1 Å². The fourth-order valence-corrected chi connectivity index (χ4v) is 1.57. The Morgan fingerprint density at radius 1 is 1.37 bits per heavy atom. The van der Waals surface area contributed by atoms with Crippen LogP contribution >= 0.6 is 0 Å². The van der Waals surface area contributed by atoms with Crippen LogP contribution in [0.2, 0.25) is 0 Å². The van der Waals surface area contributed by atoms with E-state index in [0.717, 1.165) is 12.1 Å². The Kier molecular flexibility index (Phi) is 6.29. The van der Waals surface area contributed by atoms with Gasteiger partial charge in [0.25, 0.3) is 0 Å². The van der Waals surface area contributed by atoms with E-state index in [2.05, 4.69) is 29.5 Å². The van der Waals surface area contributed by atoms with Crippen LogP contribution in [0.5, 0.6) is 0 Å². The molecule has 0 saturated carbocycles. The summed E-state index contributed by atoms with van der Waals surface area (Å²) in [6, 6.07) is 4.71. The molecule has 0 radical (unpaired) electrons. The van der Waals surface area contributed by atoms with E-state index in [4.69, 9.17) is 5.11 Å². The van der Waals surface area contributed by atoms with Gasteiger partial charge in [-0.05, 0) is 23.6 Å². The summed E-state index contributed by atoms with van der Waals surface area (Å²) in [4.78, 5) is 4.11. The predicted molar refractivity (Wildman–Crippen MR) is 75.4 cm³/mol. The first-order valence-corrected chi connectivity index (χ1v) is 6.39. The lowest BCUT2D eigenvalue weighted by Crippen LogP contribution is -2.38. The maximum atomic E-state index is 13.2. The van der Waals surface area contributed by atoms with E-state index in [9.17, 15) is 4.39 Å². The predicted octanol–water partition coefficient (Wildman–Crippen LogP) is 1.64. The highest BCUT2D eigenvalue weighted by Crippen LogP contribution is 2.10. The van der Waals surface area contributed by atoms with Gasteiger partial charge < -0.3 is 15.7 Å². The summed E-state index contributed by atoms with van der Waals surface area (Å²) < 4.78 is 13.2. The minimum atomic E-state index is -0.381. The number of aliphatic hydroxyl groups excluding tert-OH is 1. The van der Waals surface area contributed by atoms with Crippen molar-refractivity contribution in [3.63, 3.8) is 0 Å². The number of rotatable bonds is 5. The largest absolute Gasteiger partial charge is 0.392 e. The van der Waals surface area contributed by atoms with Gasteiger partial charge in [0, 0.05) is 25.7 Å². The molecule has 106 valence electrons. The maximum Gasteiger partial charge on any atom is 0.191 e. The van der Waals surface area contributed by atoms with Crippen molar-refractivity contribution < 1.29 is 9.50 Å². The van der Waals surface area contributed by atoms with E-state index in [1.165, 1.54) is 6.07 Å². The second-order valence-corrected chi connectivity index (χ2v) is 4.78. The van der Waals surface area contributed by atoms with Crippen LogP contribution in [0.15, 0.2) is 23.2 Å². The molecule has 3 N–H and O–H groups in total. The zero-order valence-electron chi connectivity index (χ0n) is 11.7. The van der Waals surface area contributed by atoms with Gasteiger partial charge in [-0.1, -0.05) is 19.9 Å². The second kappa shape index (κ2) is 7.74. The lowest BCUT2D eigenvalue weighted by atomic mass is 10.1. The zero-order chi connectivity index (χ0) is 14.3. The molecule has 0 aliphatic carbocycles. The van der Waals surface area contributed by atoms with Gasteiger partial charge in [-0.25, -0.2) is 4.39 Å². The first-order chi connectivity index (χ1) is 9.06. The lowest BCUT2D eigenvalue weighted by molar-refractivity contribution is 0.275. The van der Waals surface area contributed by atoms with Crippen LogP contribution in [0, 0.1) is 11.7 Å². The van der Waals surface area contributed by atoms with Crippen molar-refractivity contribution >= 4 is 5.96 Å². The first kappa shape index (κ1) is 15.4. The molecule has 0 saturated heterocycles. The summed E-state index contributed by atoms with van der Waals surface area (Å²) in [5.41, 5.74) is 1.21. The maximum absolute atomic E-state index is 13.2. The average molecular weight is 267 g/mol. The van der Waals surface area contributed by atoms with E-state index in [1.807, 2.05) is 0 Å². The highest BCUT2D eigenvalue weighted by atomic mass is 19.1. The van der Waals surface area contributed by atoms with Crippen LogP contribution in [0.4, 0.5) is 4.39 Å². The van der Waals surface area contributed by atoms with Crippen LogP contribution in [-0.4, -0.2) is 24.7 Å². The highest BCUT2D eigenvalue weighted by Gasteiger charge is 2.04.